The van der Waals surface area contributed by atoms with Gasteiger partial charge in [0.05, 0.1) is 13.2 Å². The van der Waals surface area contributed by atoms with Crippen LogP contribution in [0.2, 0.25) is 5.02 Å². The molecule has 130 valence electrons. The summed E-state index contributed by atoms with van der Waals surface area (Å²) in [6.07, 6.45) is 5.48. The molecule has 0 spiro atoms. The zero-order valence-electron chi connectivity index (χ0n) is 14.1. The van der Waals surface area contributed by atoms with Gasteiger partial charge in [0, 0.05) is 24.4 Å². The topological polar surface area (TPSA) is 64.3 Å². The molecule has 1 fully saturated rings. The summed E-state index contributed by atoms with van der Waals surface area (Å²) in [6.45, 7) is 7.57. The lowest BCUT2D eigenvalue weighted by Crippen LogP contribution is -2.35. The van der Waals surface area contributed by atoms with E-state index in [2.05, 4.69) is 33.9 Å². The van der Waals surface area contributed by atoms with Crippen LogP contribution < -0.4 is 4.74 Å². The second kappa shape index (κ2) is 7.94. The minimum absolute atomic E-state index is 0.297. The number of aromatic nitrogens is 3. The first kappa shape index (κ1) is 17.2. The highest BCUT2D eigenvalue weighted by Gasteiger charge is 2.22. The molecule has 6 nitrogen and oxygen atoms in total. The second-order valence-electron chi connectivity index (χ2n) is 6.54. The molecule has 3 heterocycles. The van der Waals surface area contributed by atoms with Crippen LogP contribution in [-0.2, 0) is 6.54 Å². The molecule has 0 aliphatic carbocycles. The number of nitrogens with zero attached hydrogens (tertiary/aromatic N) is 4. The summed E-state index contributed by atoms with van der Waals surface area (Å²) in [5, 5.41) is 4.58. The van der Waals surface area contributed by atoms with Crippen molar-refractivity contribution in [3.05, 3.63) is 35.2 Å². The van der Waals surface area contributed by atoms with E-state index in [-0.39, 0.29) is 0 Å². The predicted octanol–water partition coefficient (Wildman–Crippen LogP) is 3.53. The molecular formula is C17H23ClN4O2. The maximum atomic E-state index is 6.06. The molecule has 0 radical (unpaired) electrons. The highest BCUT2D eigenvalue weighted by atomic mass is 35.5. The third-order valence-corrected chi connectivity index (χ3v) is 4.56. The summed E-state index contributed by atoms with van der Waals surface area (Å²) in [5.41, 5.74) is 0. The molecule has 1 aliphatic heterocycles. The fourth-order valence-electron chi connectivity index (χ4n) is 2.76. The summed E-state index contributed by atoms with van der Waals surface area (Å²) in [5.74, 6) is 3.03. The zero-order valence-corrected chi connectivity index (χ0v) is 14.9. The van der Waals surface area contributed by atoms with Crippen molar-refractivity contribution in [1.29, 1.82) is 0 Å². The van der Waals surface area contributed by atoms with E-state index in [1.54, 1.807) is 18.5 Å². The molecule has 24 heavy (non-hydrogen) atoms. The Kier molecular flexibility index (Phi) is 5.68. The van der Waals surface area contributed by atoms with Gasteiger partial charge in [-0.25, -0.2) is 0 Å². The van der Waals surface area contributed by atoms with E-state index in [4.69, 9.17) is 20.9 Å². The molecule has 0 amide bonds. The number of halogens is 1. The Labute approximate surface area is 147 Å². The fraction of sp³-hybridized carbons (Fsp3) is 0.588. The zero-order chi connectivity index (χ0) is 16.9. The van der Waals surface area contributed by atoms with Crippen molar-refractivity contribution in [2.45, 2.75) is 39.2 Å². The number of ether oxygens (including phenoxy) is 1. The smallest absolute Gasteiger partial charge is 0.240 e. The molecule has 0 atom stereocenters. The molecule has 2 aromatic heterocycles. The van der Waals surface area contributed by atoms with E-state index in [1.807, 2.05) is 0 Å². The summed E-state index contributed by atoms with van der Waals surface area (Å²) in [6, 6.07) is 1.80. The molecule has 1 saturated heterocycles. The SMILES string of the molecule is CC(C)c1noc(CN2CCC(COc3ccncc3Cl)CC2)n1. The van der Waals surface area contributed by atoms with Gasteiger partial charge >= 0.3 is 0 Å². The average Bonchev–Trinajstić information content (AvgIpc) is 3.04. The van der Waals surface area contributed by atoms with Gasteiger partial charge in [0.1, 0.15) is 10.8 Å². The largest absolute Gasteiger partial charge is 0.492 e. The van der Waals surface area contributed by atoms with Crippen molar-refractivity contribution in [3.63, 3.8) is 0 Å². The van der Waals surface area contributed by atoms with E-state index >= 15 is 0 Å². The summed E-state index contributed by atoms with van der Waals surface area (Å²) < 4.78 is 11.2. The van der Waals surface area contributed by atoms with Crippen LogP contribution in [0.25, 0.3) is 0 Å². The van der Waals surface area contributed by atoms with E-state index in [0.29, 0.717) is 35.1 Å². The fourth-order valence-corrected chi connectivity index (χ4v) is 2.93. The Morgan fingerprint density at radius 1 is 1.38 bits per heavy atom. The Hall–Kier alpha value is -1.66. The molecule has 0 unspecified atom stereocenters. The van der Waals surface area contributed by atoms with Crippen LogP contribution in [0.5, 0.6) is 5.75 Å². The highest BCUT2D eigenvalue weighted by molar-refractivity contribution is 6.31. The number of piperidine rings is 1. The summed E-state index contributed by atoms with van der Waals surface area (Å²) in [4.78, 5) is 10.8. The lowest BCUT2D eigenvalue weighted by atomic mass is 9.98. The Balaban J connectivity index is 1.43. The van der Waals surface area contributed by atoms with Crippen molar-refractivity contribution in [1.82, 2.24) is 20.0 Å². The Morgan fingerprint density at radius 2 is 2.17 bits per heavy atom. The van der Waals surface area contributed by atoms with Crippen LogP contribution in [0.15, 0.2) is 23.0 Å². The van der Waals surface area contributed by atoms with Gasteiger partial charge in [0.2, 0.25) is 5.89 Å². The third kappa shape index (κ3) is 4.45. The van der Waals surface area contributed by atoms with Crippen molar-refractivity contribution in [2.24, 2.45) is 5.92 Å². The number of hydrogen-bond donors (Lipinski definition) is 0. The molecule has 2 aromatic rings. The van der Waals surface area contributed by atoms with Gasteiger partial charge in [-0.05, 0) is 31.8 Å². The maximum absolute atomic E-state index is 6.06. The quantitative estimate of drug-likeness (QED) is 0.794. The van der Waals surface area contributed by atoms with Crippen molar-refractivity contribution < 1.29 is 9.26 Å². The standard InChI is InChI=1S/C17H23ClN4O2/c1-12(2)17-20-16(24-21-17)10-22-7-4-13(5-8-22)11-23-15-3-6-19-9-14(15)18/h3,6,9,12-13H,4-5,7-8,10-11H2,1-2H3. The highest BCUT2D eigenvalue weighted by Crippen LogP contribution is 2.25. The van der Waals surface area contributed by atoms with Crippen LogP contribution in [0, 0.1) is 5.92 Å². The van der Waals surface area contributed by atoms with E-state index < -0.39 is 0 Å². The van der Waals surface area contributed by atoms with E-state index in [0.717, 1.165) is 38.3 Å². The first-order valence-electron chi connectivity index (χ1n) is 8.39. The van der Waals surface area contributed by atoms with Gasteiger partial charge < -0.3 is 9.26 Å². The van der Waals surface area contributed by atoms with Gasteiger partial charge in [0.25, 0.3) is 0 Å². The first-order chi connectivity index (χ1) is 11.6. The van der Waals surface area contributed by atoms with Crippen LogP contribution >= 0.6 is 11.6 Å². The summed E-state index contributed by atoms with van der Waals surface area (Å²) >= 11 is 6.06. The number of likely N-dealkylation sites (tertiary alicyclic amines) is 1. The Bertz CT molecular complexity index is 654. The normalized spacial score (nSPS) is 16.7. The van der Waals surface area contributed by atoms with Crippen LogP contribution in [-0.4, -0.2) is 39.7 Å². The molecule has 0 bridgehead atoms. The average molecular weight is 351 g/mol. The van der Waals surface area contributed by atoms with E-state index in [9.17, 15) is 0 Å². The van der Waals surface area contributed by atoms with Gasteiger partial charge in [-0.3, -0.25) is 9.88 Å². The van der Waals surface area contributed by atoms with Crippen molar-refractivity contribution >= 4 is 11.6 Å². The van der Waals surface area contributed by atoms with Crippen LogP contribution in [0.1, 0.15) is 44.3 Å². The van der Waals surface area contributed by atoms with Crippen LogP contribution in [0.4, 0.5) is 0 Å². The maximum Gasteiger partial charge on any atom is 0.240 e. The van der Waals surface area contributed by atoms with Gasteiger partial charge in [-0.15, -0.1) is 0 Å². The second-order valence-corrected chi connectivity index (χ2v) is 6.94. The van der Waals surface area contributed by atoms with Crippen LogP contribution in [0.3, 0.4) is 0 Å². The van der Waals surface area contributed by atoms with Crippen molar-refractivity contribution in [2.75, 3.05) is 19.7 Å². The third-order valence-electron chi connectivity index (χ3n) is 4.28. The van der Waals surface area contributed by atoms with E-state index in [1.165, 1.54) is 0 Å². The van der Waals surface area contributed by atoms with Crippen molar-refractivity contribution in [3.8, 4) is 5.75 Å². The number of hydrogen-bond acceptors (Lipinski definition) is 6. The van der Waals surface area contributed by atoms with Gasteiger partial charge in [0.15, 0.2) is 5.82 Å². The molecule has 0 saturated carbocycles. The van der Waals surface area contributed by atoms with Gasteiger partial charge in [-0.1, -0.05) is 30.6 Å². The molecular weight excluding hydrogens is 328 g/mol. The molecule has 7 heteroatoms. The number of pyridine rings is 1. The Morgan fingerprint density at radius 3 is 2.83 bits per heavy atom. The predicted molar refractivity (Wildman–Crippen MR) is 91.1 cm³/mol. The number of rotatable bonds is 6. The first-order valence-corrected chi connectivity index (χ1v) is 8.76. The molecule has 3 rings (SSSR count). The minimum atomic E-state index is 0.297. The molecule has 0 N–H and O–H groups in total. The molecule has 1 aliphatic rings. The summed E-state index contributed by atoms with van der Waals surface area (Å²) in [7, 11) is 0. The lowest BCUT2D eigenvalue weighted by Gasteiger charge is -2.30. The lowest BCUT2D eigenvalue weighted by molar-refractivity contribution is 0.126. The van der Waals surface area contributed by atoms with Gasteiger partial charge in [-0.2, -0.15) is 4.98 Å². The monoisotopic (exact) mass is 350 g/mol. The molecule has 0 aromatic carbocycles. The minimum Gasteiger partial charge on any atom is -0.492 e.